The Kier molecular flexibility index (Phi) is 6.32. The van der Waals surface area contributed by atoms with E-state index in [4.69, 9.17) is 5.73 Å². The number of amides is 1. The summed E-state index contributed by atoms with van der Waals surface area (Å²) in [6.45, 7) is 7.81. The fourth-order valence-corrected chi connectivity index (χ4v) is 1.95. The molecule has 0 aromatic rings. The van der Waals surface area contributed by atoms with Gasteiger partial charge in [-0.1, -0.05) is 20.8 Å². The third kappa shape index (κ3) is 7.40. The fraction of sp³-hybridized carbons (Fsp3) is 0.923. The summed E-state index contributed by atoms with van der Waals surface area (Å²) < 4.78 is 37.5. The van der Waals surface area contributed by atoms with Crippen molar-refractivity contribution in [3.63, 3.8) is 0 Å². The van der Waals surface area contributed by atoms with Crippen LogP contribution >= 0.6 is 0 Å². The van der Waals surface area contributed by atoms with Crippen LogP contribution < -0.4 is 5.73 Å². The van der Waals surface area contributed by atoms with E-state index in [1.54, 1.807) is 13.8 Å². The normalized spacial score (nSPS) is 14.6. The lowest BCUT2D eigenvalue weighted by Crippen LogP contribution is -2.48. The minimum atomic E-state index is -4.39. The number of carbonyl (C=O) groups excluding carboxylic acids is 1. The lowest BCUT2D eigenvalue weighted by atomic mass is 9.84. The predicted molar refractivity (Wildman–Crippen MR) is 69.5 cm³/mol. The Labute approximate surface area is 113 Å². The Hall–Kier alpha value is -0.780. The highest BCUT2D eigenvalue weighted by molar-refractivity contribution is 5.79. The molecule has 0 fully saturated rings. The maximum Gasteiger partial charge on any atom is 0.406 e. The number of nitrogens with two attached hydrogens (primary N) is 1. The fourth-order valence-electron chi connectivity index (χ4n) is 1.95. The summed E-state index contributed by atoms with van der Waals surface area (Å²) in [5, 5.41) is 0. The number of carbonyl (C=O) groups is 1. The molecule has 0 aromatic heterocycles. The minimum absolute atomic E-state index is 0.0666. The number of hydrogen-bond donors (Lipinski definition) is 1. The van der Waals surface area contributed by atoms with Gasteiger partial charge in [0.2, 0.25) is 5.91 Å². The second-order valence-electron chi connectivity index (χ2n) is 6.37. The smallest absolute Gasteiger partial charge is 0.331 e. The maximum absolute atomic E-state index is 12.5. The molecule has 0 saturated carbocycles. The van der Waals surface area contributed by atoms with E-state index in [0.29, 0.717) is 6.42 Å². The molecule has 0 spiro atoms. The molecule has 0 heterocycles. The Morgan fingerprint density at radius 2 is 1.68 bits per heavy atom. The summed E-state index contributed by atoms with van der Waals surface area (Å²) in [6.07, 6.45) is -3.91. The first-order valence-electron chi connectivity index (χ1n) is 6.44. The van der Waals surface area contributed by atoms with Crippen molar-refractivity contribution in [2.45, 2.75) is 53.3 Å². The van der Waals surface area contributed by atoms with Gasteiger partial charge < -0.3 is 10.6 Å². The van der Waals surface area contributed by atoms with Gasteiger partial charge in [0.1, 0.15) is 6.54 Å². The van der Waals surface area contributed by atoms with Crippen molar-refractivity contribution in [1.82, 2.24) is 4.90 Å². The van der Waals surface area contributed by atoms with Crippen LogP contribution in [0, 0.1) is 11.3 Å². The molecule has 0 aromatic carbocycles. The molecule has 2 N–H and O–H groups in total. The van der Waals surface area contributed by atoms with Crippen LogP contribution in [0.2, 0.25) is 0 Å². The molecule has 1 amide bonds. The van der Waals surface area contributed by atoms with Crippen LogP contribution in [0.5, 0.6) is 0 Å². The molecule has 0 aliphatic rings. The van der Waals surface area contributed by atoms with Crippen molar-refractivity contribution in [2.75, 3.05) is 13.1 Å². The summed E-state index contributed by atoms with van der Waals surface area (Å²) in [7, 11) is 0. The highest BCUT2D eigenvalue weighted by Gasteiger charge is 2.37. The molecule has 1 atom stereocenters. The van der Waals surface area contributed by atoms with Gasteiger partial charge in [0.25, 0.3) is 0 Å². The van der Waals surface area contributed by atoms with Crippen molar-refractivity contribution in [3.8, 4) is 0 Å². The van der Waals surface area contributed by atoms with E-state index in [9.17, 15) is 18.0 Å². The number of hydrogen-bond acceptors (Lipinski definition) is 2. The Morgan fingerprint density at radius 3 is 1.95 bits per heavy atom. The predicted octanol–water partition coefficient (Wildman–Crippen LogP) is 2.80. The van der Waals surface area contributed by atoms with Crippen LogP contribution in [0.25, 0.3) is 0 Å². The van der Waals surface area contributed by atoms with E-state index in [1.807, 2.05) is 20.8 Å². The van der Waals surface area contributed by atoms with Gasteiger partial charge in [0.15, 0.2) is 0 Å². The molecule has 0 radical (unpaired) electrons. The number of nitrogens with zero attached hydrogens (tertiary/aromatic N) is 1. The molecule has 114 valence electrons. The molecule has 0 aliphatic carbocycles. The Morgan fingerprint density at radius 1 is 1.21 bits per heavy atom. The van der Waals surface area contributed by atoms with Gasteiger partial charge in [-0.05, 0) is 25.7 Å². The second-order valence-corrected chi connectivity index (χ2v) is 6.37. The molecule has 3 nitrogen and oxygen atoms in total. The molecule has 6 heteroatoms. The molecular formula is C13H25F3N2O. The highest BCUT2D eigenvalue weighted by Crippen LogP contribution is 2.27. The monoisotopic (exact) mass is 282 g/mol. The van der Waals surface area contributed by atoms with E-state index in [1.165, 1.54) is 0 Å². The number of rotatable bonds is 5. The minimum Gasteiger partial charge on any atom is -0.331 e. The molecule has 0 aliphatic heterocycles. The lowest BCUT2D eigenvalue weighted by Gasteiger charge is -2.33. The lowest BCUT2D eigenvalue weighted by molar-refractivity contribution is -0.167. The van der Waals surface area contributed by atoms with E-state index in [0.717, 1.165) is 4.90 Å². The average molecular weight is 282 g/mol. The molecule has 0 saturated heterocycles. The van der Waals surface area contributed by atoms with Gasteiger partial charge in [-0.25, -0.2) is 0 Å². The van der Waals surface area contributed by atoms with E-state index < -0.39 is 30.6 Å². The summed E-state index contributed by atoms with van der Waals surface area (Å²) in [6, 6.07) is -0.497. The molecular weight excluding hydrogens is 257 g/mol. The molecule has 19 heavy (non-hydrogen) atoms. The average Bonchev–Trinajstić information content (AvgIpc) is 2.18. The summed E-state index contributed by atoms with van der Waals surface area (Å²) >= 11 is 0. The zero-order valence-corrected chi connectivity index (χ0v) is 12.3. The van der Waals surface area contributed by atoms with Gasteiger partial charge in [0, 0.05) is 12.6 Å². The SMILES string of the molecule is CC(C)N(CC(F)(F)F)C(=O)C(CN)CC(C)(C)C. The Balaban J connectivity index is 4.96. The molecule has 1 unspecified atom stereocenters. The van der Waals surface area contributed by atoms with Crippen LogP contribution in [0.4, 0.5) is 13.2 Å². The van der Waals surface area contributed by atoms with Gasteiger partial charge in [-0.3, -0.25) is 4.79 Å². The standard InChI is InChI=1S/C13H25F3N2O/c1-9(2)18(8-13(14,15)16)11(19)10(7-17)6-12(3,4)5/h9-10H,6-8,17H2,1-5H3. The topological polar surface area (TPSA) is 46.3 Å². The van der Waals surface area contributed by atoms with E-state index in [-0.39, 0.29) is 12.0 Å². The molecule has 0 bridgehead atoms. The zero-order chi connectivity index (χ0) is 15.4. The first-order chi connectivity index (χ1) is 8.37. The number of alkyl halides is 3. The summed E-state index contributed by atoms with van der Waals surface area (Å²) in [4.78, 5) is 13.1. The van der Waals surface area contributed by atoms with E-state index >= 15 is 0 Å². The van der Waals surface area contributed by atoms with Crippen LogP contribution in [0.15, 0.2) is 0 Å². The molecule has 0 rings (SSSR count). The number of halogens is 3. The van der Waals surface area contributed by atoms with Gasteiger partial charge >= 0.3 is 6.18 Å². The Bertz CT molecular complexity index is 295. The summed E-state index contributed by atoms with van der Waals surface area (Å²) in [5.74, 6) is -1.07. The van der Waals surface area contributed by atoms with Crippen molar-refractivity contribution in [2.24, 2.45) is 17.1 Å². The third-order valence-corrected chi connectivity index (χ3v) is 2.75. The van der Waals surface area contributed by atoms with Crippen molar-refractivity contribution < 1.29 is 18.0 Å². The van der Waals surface area contributed by atoms with E-state index in [2.05, 4.69) is 0 Å². The maximum atomic E-state index is 12.5. The van der Waals surface area contributed by atoms with Crippen molar-refractivity contribution >= 4 is 5.91 Å². The van der Waals surface area contributed by atoms with Crippen molar-refractivity contribution in [3.05, 3.63) is 0 Å². The summed E-state index contributed by atoms with van der Waals surface area (Å²) in [5.41, 5.74) is 5.40. The van der Waals surface area contributed by atoms with Crippen molar-refractivity contribution in [1.29, 1.82) is 0 Å². The van der Waals surface area contributed by atoms with Crippen LogP contribution in [-0.2, 0) is 4.79 Å². The largest absolute Gasteiger partial charge is 0.406 e. The first-order valence-corrected chi connectivity index (χ1v) is 6.44. The second kappa shape index (κ2) is 6.59. The quantitative estimate of drug-likeness (QED) is 0.843. The van der Waals surface area contributed by atoms with Crippen LogP contribution in [0.1, 0.15) is 41.0 Å². The zero-order valence-electron chi connectivity index (χ0n) is 12.3. The highest BCUT2D eigenvalue weighted by atomic mass is 19.4. The van der Waals surface area contributed by atoms with Gasteiger partial charge in [-0.2, -0.15) is 13.2 Å². The van der Waals surface area contributed by atoms with Gasteiger partial charge in [-0.15, -0.1) is 0 Å². The van der Waals surface area contributed by atoms with Crippen LogP contribution in [0.3, 0.4) is 0 Å². The van der Waals surface area contributed by atoms with Gasteiger partial charge in [0.05, 0.1) is 5.92 Å². The van der Waals surface area contributed by atoms with Crippen LogP contribution in [-0.4, -0.2) is 36.1 Å². The third-order valence-electron chi connectivity index (χ3n) is 2.75. The first kappa shape index (κ1) is 18.2.